The number of carbonyl (C=O) groups excluding carboxylic acids is 2. The zero-order chi connectivity index (χ0) is 20.1. The van der Waals surface area contributed by atoms with Gasteiger partial charge in [-0.15, -0.1) is 11.3 Å². The van der Waals surface area contributed by atoms with Crippen molar-refractivity contribution in [1.82, 2.24) is 10.4 Å². The summed E-state index contributed by atoms with van der Waals surface area (Å²) in [6.45, 7) is 5.54. The molecular weight excluding hydrogens is 372 g/mol. The first-order chi connectivity index (χ1) is 13.5. The van der Waals surface area contributed by atoms with Gasteiger partial charge in [0.05, 0.1) is 17.6 Å². The molecule has 0 fully saturated rings. The van der Waals surface area contributed by atoms with E-state index in [4.69, 9.17) is 0 Å². The van der Waals surface area contributed by atoms with Gasteiger partial charge in [-0.05, 0) is 49.2 Å². The molecule has 0 atom stereocenters. The van der Waals surface area contributed by atoms with Crippen molar-refractivity contribution in [2.24, 2.45) is 5.10 Å². The number of nitrogens with one attached hydrogen (secondary N) is 1. The minimum Gasteiger partial charge on any atom is -0.274 e. The first-order valence-corrected chi connectivity index (χ1v) is 9.55. The number of aromatic nitrogens is 1. The number of hydrazone groups is 1. The van der Waals surface area contributed by atoms with E-state index in [9.17, 15) is 9.59 Å². The number of hydrogen-bond donors (Lipinski definition) is 1. The highest BCUT2D eigenvalue weighted by Gasteiger charge is 2.18. The monoisotopic (exact) mass is 392 g/mol. The van der Waals surface area contributed by atoms with Gasteiger partial charge in [0.15, 0.2) is 5.13 Å². The average molecular weight is 392 g/mol. The van der Waals surface area contributed by atoms with E-state index in [1.807, 2.05) is 38.1 Å². The molecule has 0 aliphatic heterocycles. The van der Waals surface area contributed by atoms with Crippen molar-refractivity contribution in [3.05, 3.63) is 76.3 Å². The smallest absolute Gasteiger partial charge is 0.271 e. The van der Waals surface area contributed by atoms with Crippen LogP contribution in [0.5, 0.6) is 0 Å². The molecule has 6 nitrogen and oxygen atoms in total. The van der Waals surface area contributed by atoms with E-state index in [1.54, 1.807) is 34.5 Å². The lowest BCUT2D eigenvalue weighted by Gasteiger charge is -2.19. The summed E-state index contributed by atoms with van der Waals surface area (Å²) in [5.74, 6) is -0.425. The van der Waals surface area contributed by atoms with E-state index in [1.165, 1.54) is 24.5 Å². The first-order valence-electron chi connectivity index (χ1n) is 8.67. The Morgan fingerprint density at radius 3 is 2.54 bits per heavy atom. The number of anilines is 2. The third-order valence-corrected chi connectivity index (χ3v) is 5.01. The fourth-order valence-electron chi connectivity index (χ4n) is 2.54. The average Bonchev–Trinajstić information content (AvgIpc) is 3.13. The Bertz CT molecular complexity index is 1030. The van der Waals surface area contributed by atoms with Gasteiger partial charge < -0.3 is 0 Å². The van der Waals surface area contributed by atoms with Crippen molar-refractivity contribution >= 4 is 40.2 Å². The van der Waals surface area contributed by atoms with Crippen molar-refractivity contribution in [3.8, 4) is 0 Å². The van der Waals surface area contributed by atoms with Crippen LogP contribution in [0.25, 0.3) is 0 Å². The molecular formula is C21H20N4O2S. The van der Waals surface area contributed by atoms with Crippen LogP contribution in [0.1, 0.15) is 34.1 Å². The Hall–Kier alpha value is -3.32. The SMILES string of the molecule is CC(=O)N(c1ccc(C)c(C)c1)c1nc(/C=N\NC(=O)c2ccccc2)cs1. The van der Waals surface area contributed by atoms with Crippen molar-refractivity contribution < 1.29 is 9.59 Å². The topological polar surface area (TPSA) is 74.7 Å². The number of hydrogen-bond acceptors (Lipinski definition) is 5. The summed E-state index contributed by atoms with van der Waals surface area (Å²) < 4.78 is 0. The lowest BCUT2D eigenvalue weighted by atomic mass is 10.1. The van der Waals surface area contributed by atoms with Crippen LogP contribution in [-0.2, 0) is 4.79 Å². The molecule has 0 aliphatic rings. The third-order valence-electron chi connectivity index (χ3n) is 4.16. The lowest BCUT2D eigenvalue weighted by Crippen LogP contribution is -2.22. The molecule has 28 heavy (non-hydrogen) atoms. The summed E-state index contributed by atoms with van der Waals surface area (Å²) >= 11 is 1.34. The Labute approximate surface area is 167 Å². The maximum absolute atomic E-state index is 12.2. The van der Waals surface area contributed by atoms with E-state index >= 15 is 0 Å². The predicted molar refractivity (Wildman–Crippen MR) is 112 cm³/mol. The van der Waals surface area contributed by atoms with E-state index in [-0.39, 0.29) is 11.8 Å². The van der Waals surface area contributed by atoms with Crippen LogP contribution >= 0.6 is 11.3 Å². The van der Waals surface area contributed by atoms with Gasteiger partial charge in [-0.3, -0.25) is 14.5 Å². The quantitative estimate of drug-likeness (QED) is 0.522. The standard InChI is InChI=1S/C21H20N4O2S/c1-14-9-10-19(11-15(14)2)25(16(3)26)21-23-18(13-28-21)12-22-24-20(27)17-7-5-4-6-8-17/h4-13H,1-3H3,(H,24,27)/b22-12-. The van der Waals surface area contributed by atoms with Crippen LogP contribution in [0, 0.1) is 13.8 Å². The number of rotatable bonds is 5. The van der Waals surface area contributed by atoms with E-state index < -0.39 is 0 Å². The minimum atomic E-state index is -0.298. The van der Waals surface area contributed by atoms with Crippen LogP contribution in [0.4, 0.5) is 10.8 Å². The summed E-state index contributed by atoms with van der Waals surface area (Å²) in [4.78, 5) is 30.2. The van der Waals surface area contributed by atoms with Gasteiger partial charge in [0, 0.05) is 17.9 Å². The number of amides is 2. The lowest BCUT2D eigenvalue weighted by molar-refractivity contribution is -0.115. The largest absolute Gasteiger partial charge is 0.274 e. The fraction of sp³-hybridized carbons (Fsp3) is 0.143. The highest BCUT2D eigenvalue weighted by Crippen LogP contribution is 2.29. The second-order valence-corrected chi connectivity index (χ2v) is 7.08. The number of nitrogens with zero attached hydrogens (tertiary/aromatic N) is 3. The Balaban J connectivity index is 1.75. The van der Waals surface area contributed by atoms with Crippen LogP contribution < -0.4 is 10.3 Å². The molecule has 2 aromatic carbocycles. The third kappa shape index (κ3) is 4.50. The maximum Gasteiger partial charge on any atom is 0.271 e. The van der Waals surface area contributed by atoms with Gasteiger partial charge in [-0.1, -0.05) is 24.3 Å². The minimum absolute atomic E-state index is 0.126. The molecule has 0 saturated carbocycles. The number of benzene rings is 2. The summed E-state index contributed by atoms with van der Waals surface area (Å²) in [5.41, 5.74) is 6.58. The fourth-order valence-corrected chi connectivity index (χ4v) is 3.38. The molecule has 1 heterocycles. The zero-order valence-electron chi connectivity index (χ0n) is 15.8. The summed E-state index contributed by atoms with van der Waals surface area (Å²) in [5, 5.41) is 6.28. The second-order valence-electron chi connectivity index (χ2n) is 6.24. The first kappa shape index (κ1) is 19.4. The van der Waals surface area contributed by atoms with Gasteiger partial charge in [0.25, 0.3) is 5.91 Å². The van der Waals surface area contributed by atoms with Crippen LogP contribution in [0.2, 0.25) is 0 Å². The zero-order valence-corrected chi connectivity index (χ0v) is 16.7. The molecule has 0 bridgehead atoms. The molecule has 0 saturated heterocycles. The van der Waals surface area contributed by atoms with Crippen molar-refractivity contribution in [3.63, 3.8) is 0 Å². The molecule has 7 heteroatoms. The molecule has 0 spiro atoms. The molecule has 1 N–H and O–H groups in total. The van der Waals surface area contributed by atoms with Gasteiger partial charge in [0.2, 0.25) is 5.91 Å². The van der Waals surface area contributed by atoms with Crippen molar-refractivity contribution in [1.29, 1.82) is 0 Å². The normalized spacial score (nSPS) is 10.8. The molecule has 2 amide bonds. The highest BCUT2D eigenvalue weighted by atomic mass is 32.1. The molecule has 1 aromatic heterocycles. The number of carbonyl (C=O) groups is 2. The van der Waals surface area contributed by atoms with Gasteiger partial charge in [-0.2, -0.15) is 5.10 Å². The van der Waals surface area contributed by atoms with Crippen LogP contribution in [0.15, 0.2) is 59.0 Å². The Morgan fingerprint density at radius 1 is 1.11 bits per heavy atom. The predicted octanol–water partition coefficient (Wildman–Crippen LogP) is 4.21. The van der Waals surface area contributed by atoms with Gasteiger partial charge in [-0.25, -0.2) is 10.4 Å². The van der Waals surface area contributed by atoms with Crippen LogP contribution in [0.3, 0.4) is 0 Å². The second kappa shape index (κ2) is 8.58. The van der Waals surface area contributed by atoms with Gasteiger partial charge >= 0.3 is 0 Å². The summed E-state index contributed by atoms with van der Waals surface area (Å²) in [6.07, 6.45) is 1.46. The Morgan fingerprint density at radius 2 is 1.86 bits per heavy atom. The maximum atomic E-state index is 12.2. The summed E-state index contributed by atoms with van der Waals surface area (Å²) in [7, 11) is 0. The number of thiazole rings is 1. The Kier molecular flexibility index (Phi) is 5.96. The van der Waals surface area contributed by atoms with E-state index in [0.717, 1.165) is 16.8 Å². The molecule has 3 rings (SSSR count). The van der Waals surface area contributed by atoms with Gasteiger partial charge in [0.1, 0.15) is 0 Å². The molecule has 3 aromatic rings. The molecule has 0 aliphatic carbocycles. The molecule has 0 radical (unpaired) electrons. The highest BCUT2D eigenvalue weighted by molar-refractivity contribution is 7.14. The summed E-state index contributed by atoms with van der Waals surface area (Å²) in [6, 6.07) is 14.7. The van der Waals surface area contributed by atoms with E-state index in [0.29, 0.717) is 16.4 Å². The number of aryl methyl sites for hydroxylation is 2. The van der Waals surface area contributed by atoms with Crippen LogP contribution in [-0.4, -0.2) is 23.0 Å². The van der Waals surface area contributed by atoms with Crippen molar-refractivity contribution in [2.45, 2.75) is 20.8 Å². The van der Waals surface area contributed by atoms with Crippen molar-refractivity contribution in [2.75, 3.05) is 4.90 Å². The molecule has 142 valence electrons. The molecule has 0 unspecified atom stereocenters. The van der Waals surface area contributed by atoms with E-state index in [2.05, 4.69) is 15.5 Å².